The Morgan fingerprint density at radius 1 is 1.26 bits per heavy atom. The molecule has 0 radical (unpaired) electrons. The van der Waals surface area contributed by atoms with Gasteiger partial charge in [-0.2, -0.15) is 10.2 Å². The van der Waals surface area contributed by atoms with Crippen LogP contribution in [0, 0.1) is 0 Å². The molecule has 3 aromatic rings. The predicted molar refractivity (Wildman–Crippen MR) is 102 cm³/mol. The molecular weight excluding hydrogens is 346 g/mol. The molecule has 0 aliphatic heterocycles. The molecule has 0 aliphatic carbocycles. The molecule has 2 amide bonds. The third-order valence-electron chi connectivity index (χ3n) is 4.02. The first-order valence-electron chi connectivity index (χ1n) is 8.71. The molecule has 0 bridgehead atoms. The molecule has 0 aliphatic rings. The van der Waals surface area contributed by atoms with E-state index >= 15 is 0 Å². The van der Waals surface area contributed by atoms with E-state index in [1.807, 2.05) is 38.4 Å². The maximum absolute atomic E-state index is 12.2. The molecule has 142 valence electrons. The Labute approximate surface area is 156 Å². The smallest absolute Gasteiger partial charge is 0.272 e. The SMILES string of the molecule is CN(C)CCn1cc(NC(=O)CCNC(=O)c2n[nH]c3ccccc23)cn1. The largest absolute Gasteiger partial charge is 0.350 e. The second-order valence-electron chi connectivity index (χ2n) is 6.47. The van der Waals surface area contributed by atoms with Gasteiger partial charge in [-0.1, -0.05) is 18.2 Å². The molecular formula is C18H23N7O2. The van der Waals surface area contributed by atoms with E-state index in [4.69, 9.17) is 0 Å². The molecule has 0 atom stereocenters. The van der Waals surface area contributed by atoms with Crippen molar-refractivity contribution in [2.45, 2.75) is 13.0 Å². The van der Waals surface area contributed by atoms with Crippen LogP contribution in [0.15, 0.2) is 36.7 Å². The van der Waals surface area contributed by atoms with Crippen LogP contribution >= 0.6 is 0 Å². The fourth-order valence-corrected chi connectivity index (χ4v) is 2.59. The lowest BCUT2D eigenvalue weighted by atomic mass is 10.2. The molecule has 27 heavy (non-hydrogen) atoms. The number of fused-ring (bicyclic) bond motifs is 1. The third kappa shape index (κ3) is 4.91. The van der Waals surface area contributed by atoms with Crippen LogP contribution in [0.3, 0.4) is 0 Å². The van der Waals surface area contributed by atoms with Crippen molar-refractivity contribution in [2.24, 2.45) is 0 Å². The first kappa shape index (κ1) is 18.6. The van der Waals surface area contributed by atoms with Crippen molar-refractivity contribution in [1.82, 2.24) is 30.2 Å². The normalized spacial score (nSPS) is 11.1. The number of aromatic nitrogens is 4. The van der Waals surface area contributed by atoms with E-state index in [-0.39, 0.29) is 24.8 Å². The molecule has 0 saturated carbocycles. The van der Waals surface area contributed by atoms with E-state index in [9.17, 15) is 9.59 Å². The average Bonchev–Trinajstić information content (AvgIpc) is 3.26. The summed E-state index contributed by atoms with van der Waals surface area (Å²) in [7, 11) is 3.98. The molecule has 2 heterocycles. The zero-order chi connectivity index (χ0) is 19.2. The van der Waals surface area contributed by atoms with E-state index in [2.05, 4.69) is 30.8 Å². The second-order valence-corrected chi connectivity index (χ2v) is 6.47. The van der Waals surface area contributed by atoms with Gasteiger partial charge in [0.1, 0.15) is 0 Å². The molecule has 3 N–H and O–H groups in total. The number of rotatable bonds is 8. The van der Waals surface area contributed by atoms with E-state index in [1.165, 1.54) is 0 Å². The van der Waals surface area contributed by atoms with E-state index in [0.29, 0.717) is 11.4 Å². The van der Waals surface area contributed by atoms with Crippen molar-refractivity contribution < 1.29 is 9.59 Å². The minimum absolute atomic E-state index is 0.164. The van der Waals surface area contributed by atoms with Crippen molar-refractivity contribution in [2.75, 3.05) is 32.5 Å². The highest BCUT2D eigenvalue weighted by molar-refractivity contribution is 6.04. The van der Waals surface area contributed by atoms with Gasteiger partial charge in [0.15, 0.2) is 5.69 Å². The summed E-state index contributed by atoms with van der Waals surface area (Å²) < 4.78 is 1.78. The van der Waals surface area contributed by atoms with Crippen LogP contribution < -0.4 is 10.6 Å². The molecule has 1 aromatic carbocycles. The number of carbonyl (C=O) groups is 2. The summed E-state index contributed by atoms with van der Waals surface area (Å²) in [4.78, 5) is 26.3. The van der Waals surface area contributed by atoms with Gasteiger partial charge in [0, 0.05) is 31.1 Å². The number of para-hydroxylation sites is 1. The molecule has 2 aromatic heterocycles. The summed E-state index contributed by atoms with van der Waals surface area (Å²) in [5.74, 6) is -0.494. The fourth-order valence-electron chi connectivity index (χ4n) is 2.59. The first-order chi connectivity index (χ1) is 13.0. The molecule has 3 rings (SSSR count). The lowest BCUT2D eigenvalue weighted by Gasteiger charge is -2.08. The Bertz CT molecular complexity index is 929. The summed E-state index contributed by atoms with van der Waals surface area (Å²) in [5, 5.41) is 17.3. The minimum atomic E-state index is -0.309. The topological polar surface area (TPSA) is 108 Å². The minimum Gasteiger partial charge on any atom is -0.350 e. The highest BCUT2D eigenvalue weighted by Gasteiger charge is 2.14. The highest BCUT2D eigenvalue weighted by atomic mass is 16.2. The van der Waals surface area contributed by atoms with Gasteiger partial charge < -0.3 is 15.5 Å². The Morgan fingerprint density at radius 3 is 2.89 bits per heavy atom. The number of amides is 2. The van der Waals surface area contributed by atoms with Gasteiger partial charge in [0.2, 0.25) is 5.91 Å². The molecule has 9 nitrogen and oxygen atoms in total. The maximum Gasteiger partial charge on any atom is 0.272 e. The lowest BCUT2D eigenvalue weighted by Crippen LogP contribution is -2.28. The number of H-pyrrole nitrogens is 1. The number of carbonyl (C=O) groups excluding carboxylic acids is 2. The van der Waals surface area contributed by atoms with Gasteiger partial charge in [-0.05, 0) is 20.2 Å². The Kier molecular flexibility index (Phi) is 5.82. The molecule has 9 heteroatoms. The van der Waals surface area contributed by atoms with Crippen LogP contribution in [-0.4, -0.2) is 63.9 Å². The monoisotopic (exact) mass is 369 g/mol. The zero-order valence-electron chi connectivity index (χ0n) is 15.4. The average molecular weight is 369 g/mol. The Morgan fingerprint density at radius 2 is 2.07 bits per heavy atom. The van der Waals surface area contributed by atoms with Gasteiger partial charge in [0.25, 0.3) is 5.91 Å². The molecule has 0 unspecified atom stereocenters. The third-order valence-corrected chi connectivity index (χ3v) is 4.02. The molecule has 0 saturated heterocycles. The number of hydrogen-bond donors (Lipinski definition) is 3. The summed E-state index contributed by atoms with van der Waals surface area (Å²) in [5.41, 5.74) is 1.77. The highest BCUT2D eigenvalue weighted by Crippen LogP contribution is 2.14. The van der Waals surface area contributed by atoms with Gasteiger partial charge >= 0.3 is 0 Å². The van der Waals surface area contributed by atoms with E-state index in [0.717, 1.165) is 24.0 Å². The standard InChI is InChI=1S/C18H23N7O2/c1-24(2)9-10-25-12-13(11-20-25)21-16(26)7-8-19-18(27)17-14-5-3-4-6-15(14)22-23-17/h3-6,11-12H,7-10H2,1-2H3,(H,19,27)(H,21,26)(H,22,23). The summed E-state index contributed by atoms with van der Waals surface area (Å²) in [6, 6.07) is 7.40. The summed E-state index contributed by atoms with van der Waals surface area (Å²) in [6.07, 6.45) is 3.56. The maximum atomic E-state index is 12.2. The lowest BCUT2D eigenvalue weighted by molar-refractivity contribution is -0.116. The van der Waals surface area contributed by atoms with Crippen LogP contribution in [0.25, 0.3) is 10.9 Å². The van der Waals surface area contributed by atoms with Gasteiger partial charge in [-0.15, -0.1) is 0 Å². The summed E-state index contributed by atoms with van der Waals surface area (Å²) >= 11 is 0. The Hall–Kier alpha value is -3.20. The van der Waals surface area contributed by atoms with Crippen molar-refractivity contribution in [3.63, 3.8) is 0 Å². The predicted octanol–water partition coefficient (Wildman–Crippen LogP) is 1.08. The van der Waals surface area contributed by atoms with Crippen LogP contribution in [0.2, 0.25) is 0 Å². The van der Waals surface area contributed by atoms with Crippen LogP contribution in [0.4, 0.5) is 5.69 Å². The van der Waals surface area contributed by atoms with Gasteiger partial charge in [-0.25, -0.2) is 0 Å². The van der Waals surface area contributed by atoms with Crippen molar-refractivity contribution >= 4 is 28.4 Å². The zero-order valence-corrected chi connectivity index (χ0v) is 15.4. The number of benzene rings is 1. The second kappa shape index (κ2) is 8.45. The van der Waals surface area contributed by atoms with Crippen LogP contribution in [-0.2, 0) is 11.3 Å². The number of hydrogen-bond acceptors (Lipinski definition) is 5. The van der Waals surface area contributed by atoms with Crippen molar-refractivity contribution in [1.29, 1.82) is 0 Å². The van der Waals surface area contributed by atoms with Crippen LogP contribution in [0.5, 0.6) is 0 Å². The van der Waals surface area contributed by atoms with E-state index in [1.54, 1.807) is 17.1 Å². The first-order valence-corrected chi connectivity index (χ1v) is 8.71. The van der Waals surface area contributed by atoms with Crippen molar-refractivity contribution in [3.05, 3.63) is 42.4 Å². The number of anilines is 1. The molecule has 0 fully saturated rings. The fraction of sp³-hybridized carbons (Fsp3) is 0.333. The number of likely N-dealkylation sites (N-methyl/N-ethyl adjacent to an activating group) is 1. The summed E-state index contributed by atoms with van der Waals surface area (Å²) in [6.45, 7) is 1.83. The number of nitrogens with one attached hydrogen (secondary N) is 3. The number of nitrogens with zero attached hydrogens (tertiary/aromatic N) is 4. The van der Waals surface area contributed by atoms with Crippen LogP contribution in [0.1, 0.15) is 16.9 Å². The molecule has 0 spiro atoms. The van der Waals surface area contributed by atoms with Gasteiger partial charge in [0.05, 0.1) is 23.9 Å². The van der Waals surface area contributed by atoms with Crippen molar-refractivity contribution in [3.8, 4) is 0 Å². The Balaban J connectivity index is 1.45. The van der Waals surface area contributed by atoms with E-state index < -0.39 is 0 Å². The van der Waals surface area contributed by atoms with Gasteiger partial charge in [-0.3, -0.25) is 19.4 Å². The quantitative estimate of drug-likeness (QED) is 0.551. The number of aromatic amines is 1.